The van der Waals surface area contributed by atoms with E-state index >= 15 is 0 Å². The molecule has 0 saturated heterocycles. The van der Waals surface area contributed by atoms with Gasteiger partial charge in [-0.3, -0.25) is 14.2 Å². The van der Waals surface area contributed by atoms with Crippen LogP contribution in [0.1, 0.15) is 35.6 Å². The molecule has 0 bridgehead atoms. The summed E-state index contributed by atoms with van der Waals surface area (Å²) in [5.74, 6) is -0.431. The fourth-order valence-corrected chi connectivity index (χ4v) is 4.65. The Morgan fingerprint density at radius 3 is 2.50 bits per heavy atom. The van der Waals surface area contributed by atoms with E-state index in [1.54, 1.807) is 48.4 Å². The number of hydrogen-bond acceptors (Lipinski definition) is 4. The first-order valence-corrected chi connectivity index (χ1v) is 12.1. The maximum Gasteiger partial charge on any atom is 0.266 e. The molecule has 0 fully saturated rings. The average Bonchev–Trinajstić information content (AvgIpc) is 2.87. The van der Waals surface area contributed by atoms with E-state index in [0.29, 0.717) is 33.9 Å². The number of ether oxygens (including phenoxy) is 1. The lowest BCUT2D eigenvalue weighted by Gasteiger charge is -2.32. The second-order valence-corrected chi connectivity index (χ2v) is 8.99. The number of hydrogen-bond donors (Lipinski definition) is 0. The highest BCUT2D eigenvalue weighted by molar-refractivity contribution is 6.36. The minimum absolute atomic E-state index is 0.215. The third-order valence-electron chi connectivity index (χ3n) is 5.91. The third-order valence-corrected chi connectivity index (χ3v) is 6.45. The molecule has 0 N–H and O–H groups in total. The summed E-state index contributed by atoms with van der Waals surface area (Å²) in [5, 5.41) is 1.04. The Morgan fingerprint density at radius 2 is 1.83 bits per heavy atom. The molecule has 0 aliphatic heterocycles. The number of fused-ring (bicyclic) bond motifs is 1. The smallest absolute Gasteiger partial charge is 0.266 e. The minimum Gasteiger partial charge on any atom is -0.383 e. The summed E-state index contributed by atoms with van der Waals surface area (Å²) in [6.45, 7) is 2.37. The van der Waals surface area contributed by atoms with Gasteiger partial charge in [-0.1, -0.05) is 42.3 Å². The standard InChI is InChI=1S/C27H24Cl2FN3O3/c1-3-24(32(14-15-36-2)26(34)20-13-8-17(28)16-22(20)29)25-31-23-7-5-4-6-21(23)27(35)33(25)19-11-9-18(30)10-12-19/h4-13,16,24H,3,14-15H2,1-2H3. The van der Waals surface area contributed by atoms with Crippen molar-refractivity contribution in [1.82, 2.24) is 14.5 Å². The van der Waals surface area contributed by atoms with E-state index in [1.807, 2.05) is 6.92 Å². The SMILES string of the molecule is CCC(c1nc2ccccc2c(=O)n1-c1ccc(F)cc1)N(CCOC)C(=O)c1ccc(Cl)cc1Cl. The molecule has 0 saturated carbocycles. The Morgan fingerprint density at radius 1 is 1.11 bits per heavy atom. The third kappa shape index (κ3) is 5.14. The molecule has 0 spiro atoms. The number of rotatable bonds is 8. The van der Waals surface area contributed by atoms with E-state index in [0.717, 1.165) is 0 Å². The molecular weight excluding hydrogens is 504 g/mol. The minimum atomic E-state index is -0.623. The number of aromatic nitrogens is 2. The summed E-state index contributed by atoms with van der Waals surface area (Å²) in [4.78, 5) is 33.9. The van der Waals surface area contributed by atoms with Crippen molar-refractivity contribution in [3.8, 4) is 5.69 Å². The summed E-state index contributed by atoms with van der Waals surface area (Å²) >= 11 is 12.4. The van der Waals surface area contributed by atoms with Crippen molar-refractivity contribution >= 4 is 40.0 Å². The van der Waals surface area contributed by atoms with Crippen LogP contribution in [0.4, 0.5) is 4.39 Å². The molecule has 0 radical (unpaired) electrons. The van der Waals surface area contributed by atoms with E-state index in [4.69, 9.17) is 32.9 Å². The van der Waals surface area contributed by atoms with Gasteiger partial charge >= 0.3 is 0 Å². The molecular formula is C27H24Cl2FN3O3. The predicted molar refractivity (Wildman–Crippen MR) is 140 cm³/mol. The van der Waals surface area contributed by atoms with Crippen LogP contribution in [0, 0.1) is 5.82 Å². The van der Waals surface area contributed by atoms with E-state index in [1.165, 1.54) is 34.9 Å². The maximum atomic E-state index is 13.8. The molecule has 6 nitrogen and oxygen atoms in total. The summed E-state index contributed by atoms with van der Waals surface area (Å²) in [6.07, 6.45) is 0.437. The molecule has 3 aromatic carbocycles. The molecule has 36 heavy (non-hydrogen) atoms. The predicted octanol–water partition coefficient (Wildman–Crippen LogP) is 6.07. The van der Waals surface area contributed by atoms with Gasteiger partial charge in [0.15, 0.2) is 0 Å². The van der Waals surface area contributed by atoms with Crippen LogP contribution in [0.15, 0.2) is 71.5 Å². The number of methoxy groups -OCH3 is 1. The van der Waals surface area contributed by atoms with Gasteiger partial charge in [-0.25, -0.2) is 9.37 Å². The van der Waals surface area contributed by atoms with Gasteiger partial charge in [0.05, 0.1) is 39.8 Å². The number of carbonyl (C=O) groups excluding carboxylic acids is 1. The van der Waals surface area contributed by atoms with Crippen molar-refractivity contribution in [2.24, 2.45) is 0 Å². The van der Waals surface area contributed by atoms with Crippen molar-refractivity contribution in [1.29, 1.82) is 0 Å². The first-order valence-electron chi connectivity index (χ1n) is 11.4. The largest absolute Gasteiger partial charge is 0.383 e. The molecule has 0 aliphatic carbocycles. The Bertz CT molecular complexity index is 1460. The van der Waals surface area contributed by atoms with Crippen molar-refractivity contribution < 1.29 is 13.9 Å². The summed E-state index contributed by atoms with van der Waals surface area (Å²) in [6, 6.07) is 16.6. The Hall–Kier alpha value is -3.26. The van der Waals surface area contributed by atoms with E-state index < -0.39 is 11.9 Å². The summed E-state index contributed by atoms with van der Waals surface area (Å²) < 4.78 is 20.4. The lowest BCUT2D eigenvalue weighted by Crippen LogP contribution is -2.40. The second-order valence-electron chi connectivity index (χ2n) is 8.14. The van der Waals surface area contributed by atoms with E-state index in [-0.39, 0.29) is 35.2 Å². The molecule has 4 rings (SSSR count). The number of halogens is 3. The molecule has 1 amide bonds. The molecule has 1 aromatic heterocycles. The normalized spacial score (nSPS) is 12.0. The Labute approximate surface area is 217 Å². The number of carbonyl (C=O) groups is 1. The Kier molecular flexibility index (Phi) is 8.04. The second kappa shape index (κ2) is 11.2. The fourth-order valence-electron chi connectivity index (χ4n) is 4.16. The van der Waals surface area contributed by atoms with Crippen molar-refractivity contribution in [2.45, 2.75) is 19.4 Å². The Balaban J connectivity index is 1.94. The molecule has 1 atom stereocenters. The monoisotopic (exact) mass is 527 g/mol. The van der Waals surface area contributed by atoms with Crippen LogP contribution in [0.25, 0.3) is 16.6 Å². The highest BCUT2D eigenvalue weighted by Crippen LogP contribution is 2.30. The van der Waals surface area contributed by atoms with Gasteiger partial charge in [-0.2, -0.15) is 0 Å². The first-order chi connectivity index (χ1) is 17.3. The van der Waals surface area contributed by atoms with Crippen molar-refractivity contribution in [2.75, 3.05) is 20.3 Å². The lowest BCUT2D eigenvalue weighted by molar-refractivity contribution is 0.0579. The summed E-state index contributed by atoms with van der Waals surface area (Å²) in [5.41, 5.74) is 0.895. The zero-order chi connectivity index (χ0) is 25.8. The van der Waals surface area contributed by atoms with Crippen LogP contribution in [0.5, 0.6) is 0 Å². The number of nitrogens with zero attached hydrogens (tertiary/aromatic N) is 3. The van der Waals surface area contributed by atoms with Gasteiger partial charge in [-0.05, 0) is 61.0 Å². The average molecular weight is 528 g/mol. The van der Waals surface area contributed by atoms with Gasteiger partial charge in [0.25, 0.3) is 11.5 Å². The molecule has 1 unspecified atom stereocenters. The van der Waals surface area contributed by atoms with Gasteiger partial charge in [0.1, 0.15) is 11.6 Å². The highest BCUT2D eigenvalue weighted by atomic mass is 35.5. The highest BCUT2D eigenvalue weighted by Gasteiger charge is 2.30. The van der Waals surface area contributed by atoms with Crippen LogP contribution in [0.3, 0.4) is 0 Å². The molecule has 1 heterocycles. The molecule has 9 heteroatoms. The van der Waals surface area contributed by atoms with E-state index in [9.17, 15) is 14.0 Å². The van der Waals surface area contributed by atoms with Crippen LogP contribution < -0.4 is 5.56 Å². The number of benzene rings is 3. The molecule has 4 aromatic rings. The van der Waals surface area contributed by atoms with Crippen molar-refractivity contribution in [3.05, 3.63) is 104 Å². The summed E-state index contributed by atoms with van der Waals surface area (Å²) in [7, 11) is 1.54. The number of amides is 1. The quantitative estimate of drug-likeness (QED) is 0.279. The first kappa shape index (κ1) is 25.8. The van der Waals surface area contributed by atoms with Crippen molar-refractivity contribution in [3.63, 3.8) is 0 Å². The van der Waals surface area contributed by atoms with Crippen LogP contribution in [-0.4, -0.2) is 40.6 Å². The fraction of sp³-hybridized carbons (Fsp3) is 0.222. The molecule has 0 aliphatic rings. The van der Waals surface area contributed by atoms with Gasteiger partial charge < -0.3 is 9.64 Å². The zero-order valence-corrected chi connectivity index (χ0v) is 21.3. The van der Waals surface area contributed by atoms with Gasteiger partial charge in [0, 0.05) is 18.7 Å². The zero-order valence-electron chi connectivity index (χ0n) is 19.7. The van der Waals surface area contributed by atoms with Crippen LogP contribution in [-0.2, 0) is 4.74 Å². The van der Waals surface area contributed by atoms with Gasteiger partial charge in [0.2, 0.25) is 0 Å². The van der Waals surface area contributed by atoms with Crippen LogP contribution in [0.2, 0.25) is 10.0 Å². The molecule has 186 valence electrons. The number of para-hydroxylation sites is 1. The van der Waals surface area contributed by atoms with Gasteiger partial charge in [-0.15, -0.1) is 0 Å². The topological polar surface area (TPSA) is 64.4 Å². The van der Waals surface area contributed by atoms with E-state index in [2.05, 4.69) is 0 Å². The maximum absolute atomic E-state index is 13.8. The van der Waals surface area contributed by atoms with Crippen LogP contribution >= 0.6 is 23.2 Å². The lowest BCUT2D eigenvalue weighted by atomic mass is 10.1.